The van der Waals surface area contributed by atoms with Crippen LogP contribution in [-0.4, -0.2) is 44.0 Å². The van der Waals surface area contributed by atoms with Gasteiger partial charge in [-0.15, -0.1) is 0 Å². The highest BCUT2D eigenvalue weighted by atomic mass is 16.1. The summed E-state index contributed by atoms with van der Waals surface area (Å²) in [6, 6.07) is 17.9. The van der Waals surface area contributed by atoms with E-state index in [4.69, 9.17) is 0 Å². The lowest BCUT2D eigenvalue weighted by molar-refractivity contribution is 0.0954. The number of aryl methyl sites for hydroxylation is 1. The van der Waals surface area contributed by atoms with Gasteiger partial charge in [-0.3, -0.25) is 9.79 Å². The Kier molecular flexibility index (Phi) is 7.68. The highest BCUT2D eigenvalue weighted by Crippen LogP contribution is 2.07. The molecule has 2 N–H and O–H groups in total. The number of rotatable bonds is 7. The average Bonchev–Trinajstić information content (AvgIpc) is 2.69. The number of aliphatic imine (C=N–C) groups is 1. The lowest BCUT2D eigenvalue weighted by atomic mass is 10.1. The van der Waals surface area contributed by atoms with Crippen LogP contribution in [0, 0.1) is 0 Å². The standard InChI is InChI=1S/C21H28N4O/c1-4-17-10-12-18(13-11-17)16-25(3)21(22-2)24-15-14-23-20(26)19-8-6-5-7-9-19/h5-13H,4,14-16H2,1-3H3,(H,22,24)(H,23,26). The van der Waals surface area contributed by atoms with Crippen LogP contribution in [0.4, 0.5) is 0 Å². The smallest absolute Gasteiger partial charge is 0.251 e. The predicted octanol–water partition coefficient (Wildman–Crippen LogP) is 2.69. The fraction of sp³-hybridized carbons (Fsp3) is 0.333. The molecule has 0 fully saturated rings. The first-order valence-corrected chi connectivity index (χ1v) is 8.97. The van der Waals surface area contributed by atoms with E-state index < -0.39 is 0 Å². The normalized spacial score (nSPS) is 11.1. The number of carbonyl (C=O) groups is 1. The Bertz CT molecular complexity index is 711. The van der Waals surface area contributed by atoms with Crippen LogP contribution < -0.4 is 10.6 Å². The molecule has 0 spiro atoms. The molecule has 138 valence electrons. The molecule has 2 rings (SSSR count). The Morgan fingerprint density at radius 3 is 2.19 bits per heavy atom. The number of amides is 1. The number of carbonyl (C=O) groups excluding carboxylic acids is 1. The maximum atomic E-state index is 12.0. The second-order valence-corrected chi connectivity index (χ2v) is 6.12. The molecule has 0 unspecified atom stereocenters. The number of hydrogen-bond donors (Lipinski definition) is 2. The summed E-state index contributed by atoms with van der Waals surface area (Å²) in [6.45, 7) is 4.08. The summed E-state index contributed by atoms with van der Waals surface area (Å²) in [7, 11) is 3.77. The lowest BCUT2D eigenvalue weighted by Crippen LogP contribution is -2.42. The summed E-state index contributed by atoms with van der Waals surface area (Å²) in [6.07, 6.45) is 1.05. The Labute approximate surface area is 156 Å². The van der Waals surface area contributed by atoms with Gasteiger partial charge in [0.15, 0.2) is 5.96 Å². The Morgan fingerprint density at radius 1 is 0.962 bits per heavy atom. The first-order valence-electron chi connectivity index (χ1n) is 8.97. The Morgan fingerprint density at radius 2 is 1.58 bits per heavy atom. The minimum atomic E-state index is -0.0632. The molecule has 0 saturated heterocycles. The SMILES string of the molecule is CCc1ccc(CN(C)C(=NC)NCCNC(=O)c2ccccc2)cc1. The third-order valence-electron chi connectivity index (χ3n) is 4.15. The minimum absolute atomic E-state index is 0.0632. The monoisotopic (exact) mass is 352 g/mol. The van der Waals surface area contributed by atoms with E-state index in [1.807, 2.05) is 25.2 Å². The van der Waals surface area contributed by atoms with Crippen LogP contribution in [0.1, 0.15) is 28.4 Å². The molecule has 26 heavy (non-hydrogen) atoms. The van der Waals surface area contributed by atoms with E-state index in [1.165, 1.54) is 11.1 Å². The van der Waals surface area contributed by atoms with Crippen molar-refractivity contribution in [3.63, 3.8) is 0 Å². The number of benzene rings is 2. The van der Waals surface area contributed by atoms with Crippen LogP contribution in [0.3, 0.4) is 0 Å². The topological polar surface area (TPSA) is 56.7 Å². The molecule has 0 heterocycles. The van der Waals surface area contributed by atoms with Crippen molar-refractivity contribution in [1.29, 1.82) is 0 Å². The van der Waals surface area contributed by atoms with Crippen molar-refractivity contribution in [2.45, 2.75) is 19.9 Å². The molecular weight excluding hydrogens is 324 g/mol. The lowest BCUT2D eigenvalue weighted by Gasteiger charge is -2.22. The maximum absolute atomic E-state index is 12.0. The molecular formula is C21H28N4O. The molecule has 0 bridgehead atoms. The molecule has 1 amide bonds. The number of nitrogens with one attached hydrogen (secondary N) is 2. The largest absolute Gasteiger partial charge is 0.354 e. The van der Waals surface area contributed by atoms with Gasteiger partial charge in [0.1, 0.15) is 0 Å². The van der Waals surface area contributed by atoms with Crippen LogP contribution in [-0.2, 0) is 13.0 Å². The van der Waals surface area contributed by atoms with Crippen LogP contribution in [0.25, 0.3) is 0 Å². The van der Waals surface area contributed by atoms with Gasteiger partial charge in [-0.25, -0.2) is 0 Å². The highest BCUT2D eigenvalue weighted by Gasteiger charge is 2.07. The van der Waals surface area contributed by atoms with Crippen LogP contribution >= 0.6 is 0 Å². The van der Waals surface area contributed by atoms with E-state index in [0.29, 0.717) is 18.7 Å². The quantitative estimate of drug-likeness (QED) is 0.458. The summed E-state index contributed by atoms with van der Waals surface area (Å²) in [5.41, 5.74) is 3.25. The molecule has 0 aliphatic heterocycles. The molecule has 5 heteroatoms. The van der Waals surface area contributed by atoms with Crippen LogP contribution in [0.5, 0.6) is 0 Å². The number of hydrogen-bond acceptors (Lipinski definition) is 2. The van der Waals surface area contributed by atoms with Gasteiger partial charge in [-0.1, -0.05) is 49.4 Å². The molecule has 0 radical (unpaired) electrons. The second-order valence-electron chi connectivity index (χ2n) is 6.12. The molecule has 0 aromatic heterocycles. The average molecular weight is 352 g/mol. The van der Waals surface area contributed by atoms with Gasteiger partial charge in [0.2, 0.25) is 0 Å². The zero-order valence-electron chi connectivity index (χ0n) is 15.8. The van der Waals surface area contributed by atoms with E-state index in [2.05, 4.69) is 51.7 Å². The molecule has 0 aliphatic rings. The first-order chi connectivity index (χ1) is 12.6. The molecule has 5 nitrogen and oxygen atoms in total. The first kappa shape index (κ1) is 19.5. The third-order valence-corrected chi connectivity index (χ3v) is 4.15. The second kappa shape index (κ2) is 10.2. The highest BCUT2D eigenvalue weighted by molar-refractivity contribution is 5.94. The van der Waals surface area contributed by atoms with E-state index in [9.17, 15) is 4.79 Å². The maximum Gasteiger partial charge on any atom is 0.251 e. The fourth-order valence-corrected chi connectivity index (χ4v) is 2.66. The van der Waals surface area contributed by atoms with Gasteiger partial charge >= 0.3 is 0 Å². The van der Waals surface area contributed by atoms with E-state index in [0.717, 1.165) is 18.9 Å². The van der Waals surface area contributed by atoms with Gasteiger partial charge in [-0.2, -0.15) is 0 Å². The van der Waals surface area contributed by atoms with Crippen molar-refractivity contribution in [1.82, 2.24) is 15.5 Å². The van der Waals surface area contributed by atoms with E-state index >= 15 is 0 Å². The molecule has 0 aliphatic carbocycles. The van der Waals surface area contributed by atoms with Crippen molar-refractivity contribution in [2.24, 2.45) is 4.99 Å². The van der Waals surface area contributed by atoms with Gasteiger partial charge in [-0.05, 0) is 29.7 Å². The van der Waals surface area contributed by atoms with Gasteiger partial charge in [0.05, 0.1) is 0 Å². The third kappa shape index (κ3) is 5.92. The molecule has 2 aromatic carbocycles. The van der Waals surface area contributed by atoms with E-state index in [1.54, 1.807) is 19.2 Å². The van der Waals surface area contributed by atoms with Gasteiger partial charge in [0.25, 0.3) is 5.91 Å². The van der Waals surface area contributed by atoms with Gasteiger partial charge in [0, 0.05) is 39.3 Å². The minimum Gasteiger partial charge on any atom is -0.354 e. The van der Waals surface area contributed by atoms with E-state index in [-0.39, 0.29) is 5.91 Å². The Balaban J connectivity index is 1.76. The summed E-state index contributed by atoms with van der Waals surface area (Å²) in [4.78, 5) is 18.4. The van der Waals surface area contributed by atoms with Gasteiger partial charge < -0.3 is 15.5 Å². The Hall–Kier alpha value is -2.82. The zero-order valence-corrected chi connectivity index (χ0v) is 15.8. The van der Waals surface area contributed by atoms with Crippen molar-refractivity contribution in [3.8, 4) is 0 Å². The van der Waals surface area contributed by atoms with Crippen molar-refractivity contribution in [2.75, 3.05) is 27.2 Å². The molecule has 2 aromatic rings. The summed E-state index contributed by atoms with van der Waals surface area (Å²) in [5, 5.41) is 6.18. The summed E-state index contributed by atoms with van der Waals surface area (Å²) < 4.78 is 0. The number of nitrogens with zero attached hydrogens (tertiary/aromatic N) is 2. The summed E-state index contributed by atoms with van der Waals surface area (Å²) in [5.74, 6) is 0.741. The molecule has 0 atom stereocenters. The van der Waals surface area contributed by atoms with Crippen molar-refractivity contribution in [3.05, 3.63) is 71.3 Å². The van der Waals surface area contributed by atoms with Crippen molar-refractivity contribution < 1.29 is 4.79 Å². The molecule has 0 saturated carbocycles. The number of guanidine groups is 1. The van der Waals surface area contributed by atoms with Crippen LogP contribution in [0.2, 0.25) is 0 Å². The van der Waals surface area contributed by atoms with Crippen LogP contribution in [0.15, 0.2) is 59.6 Å². The zero-order chi connectivity index (χ0) is 18.8. The van der Waals surface area contributed by atoms with Crippen molar-refractivity contribution >= 4 is 11.9 Å². The fourth-order valence-electron chi connectivity index (χ4n) is 2.66. The summed E-state index contributed by atoms with van der Waals surface area (Å²) >= 11 is 0. The predicted molar refractivity (Wildman–Crippen MR) is 107 cm³/mol.